The van der Waals surface area contributed by atoms with E-state index in [9.17, 15) is 22.8 Å². The first kappa shape index (κ1) is 25.1. The minimum atomic E-state index is -2.78. The lowest BCUT2D eigenvalue weighted by molar-refractivity contribution is -0.338. The van der Waals surface area contributed by atoms with E-state index in [1.165, 1.54) is 19.2 Å². The predicted molar refractivity (Wildman–Crippen MR) is 128 cm³/mol. The number of piperidine rings is 1. The second kappa shape index (κ2) is 9.25. The number of carbonyl (C=O) groups excluding carboxylic acids is 2. The number of methoxy groups -OCH3 is 1. The molecule has 4 fully saturated rings. The van der Waals surface area contributed by atoms with E-state index >= 15 is 0 Å². The number of rotatable bonds is 5. The third kappa shape index (κ3) is 4.13. The average molecular weight is 534 g/mol. The Bertz CT molecular complexity index is 1230. The highest BCUT2D eigenvalue weighted by molar-refractivity contribution is 5.94. The van der Waals surface area contributed by atoms with Gasteiger partial charge in [-0.25, -0.2) is 18.2 Å². The van der Waals surface area contributed by atoms with Gasteiger partial charge in [-0.15, -0.1) is 0 Å². The molecule has 1 unspecified atom stereocenters. The summed E-state index contributed by atoms with van der Waals surface area (Å²) < 4.78 is 52.5. The molecule has 3 saturated heterocycles. The Morgan fingerprint density at radius 1 is 1.16 bits per heavy atom. The SMILES string of the molecule is COc1cc(-c2cc(C(=O)N3[C@@H]4CC[C@H]3CC(C(=O)NC3CCC5(CC3)OCC5(F)F)C4)n[nH]2)c(F)cn1. The molecule has 9 nitrogen and oxygen atoms in total. The number of fused-ring (bicyclic) bond motifs is 2. The molecule has 2 aromatic heterocycles. The summed E-state index contributed by atoms with van der Waals surface area (Å²) in [6.45, 7) is -0.515. The van der Waals surface area contributed by atoms with E-state index in [0.29, 0.717) is 31.4 Å². The molecule has 1 aliphatic carbocycles. The maximum absolute atomic E-state index is 14.3. The Balaban J connectivity index is 1.07. The standard InChI is InChI=1S/C26H30F3N5O4/c1-37-22-10-18(19(27)12-30-22)20-11-21(33-32-20)24(36)34-16-2-3-17(34)9-14(8-16)23(35)31-15-4-6-25(7-5-15)26(28,29)13-38-25/h10-12,14-17H,2-9,13H2,1H3,(H,31,35)(H,32,33)/t14?,15?,16-,17+,25?. The fraction of sp³-hybridized carbons (Fsp3) is 0.615. The van der Waals surface area contributed by atoms with Crippen molar-refractivity contribution < 1.29 is 32.2 Å². The Hall–Kier alpha value is -3.15. The Labute approximate surface area is 217 Å². The van der Waals surface area contributed by atoms with Gasteiger partial charge in [0.15, 0.2) is 11.5 Å². The highest BCUT2D eigenvalue weighted by Gasteiger charge is 2.64. The van der Waals surface area contributed by atoms with E-state index in [2.05, 4.69) is 20.5 Å². The molecule has 3 aliphatic heterocycles. The van der Waals surface area contributed by atoms with Crippen LogP contribution in [-0.2, 0) is 9.53 Å². The minimum Gasteiger partial charge on any atom is -0.481 e. The minimum absolute atomic E-state index is 0.0691. The van der Waals surface area contributed by atoms with Crippen molar-refractivity contribution in [3.05, 3.63) is 29.8 Å². The Morgan fingerprint density at radius 3 is 2.47 bits per heavy atom. The van der Waals surface area contributed by atoms with Crippen LogP contribution in [0.3, 0.4) is 0 Å². The van der Waals surface area contributed by atoms with E-state index in [1.807, 2.05) is 4.90 Å². The van der Waals surface area contributed by atoms with Gasteiger partial charge in [0.05, 0.1) is 19.0 Å². The zero-order chi connectivity index (χ0) is 26.7. The van der Waals surface area contributed by atoms with Gasteiger partial charge in [0.25, 0.3) is 11.8 Å². The summed E-state index contributed by atoms with van der Waals surface area (Å²) in [5, 5.41) is 9.95. The summed E-state index contributed by atoms with van der Waals surface area (Å²) in [5.41, 5.74) is -0.628. The van der Waals surface area contributed by atoms with Crippen LogP contribution in [0.25, 0.3) is 11.3 Å². The highest BCUT2D eigenvalue weighted by Crippen LogP contribution is 2.50. The molecule has 38 heavy (non-hydrogen) atoms. The third-order valence-corrected chi connectivity index (χ3v) is 8.80. The summed E-state index contributed by atoms with van der Waals surface area (Å²) in [4.78, 5) is 32.1. The van der Waals surface area contributed by atoms with Crippen molar-refractivity contribution >= 4 is 11.8 Å². The van der Waals surface area contributed by atoms with Gasteiger partial charge in [0.2, 0.25) is 11.8 Å². The van der Waals surface area contributed by atoms with Crippen molar-refractivity contribution in [3.63, 3.8) is 0 Å². The normalized spacial score (nSPS) is 31.6. The second-order valence-corrected chi connectivity index (χ2v) is 10.9. The number of hydrogen-bond acceptors (Lipinski definition) is 6. The maximum atomic E-state index is 14.3. The van der Waals surface area contributed by atoms with Gasteiger partial charge in [0, 0.05) is 35.7 Å². The zero-order valence-corrected chi connectivity index (χ0v) is 21.0. The topological polar surface area (TPSA) is 109 Å². The molecular weight excluding hydrogens is 503 g/mol. The molecule has 6 rings (SSSR count). The number of hydrogen-bond donors (Lipinski definition) is 2. The van der Waals surface area contributed by atoms with E-state index in [1.54, 1.807) is 0 Å². The number of aromatic amines is 1. The van der Waals surface area contributed by atoms with Crippen LogP contribution < -0.4 is 10.1 Å². The van der Waals surface area contributed by atoms with Crippen molar-refractivity contribution in [2.75, 3.05) is 13.7 Å². The lowest BCUT2D eigenvalue weighted by Crippen LogP contribution is -2.65. The number of pyridine rings is 1. The smallest absolute Gasteiger partial charge is 0.299 e. The summed E-state index contributed by atoms with van der Waals surface area (Å²) in [7, 11) is 1.43. The molecule has 204 valence electrons. The fourth-order valence-corrected chi connectivity index (χ4v) is 6.60. The maximum Gasteiger partial charge on any atom is 0.299 e. The number of H-pyrrole nitrogens is 1. The highest BCUT2D eigenvalue weighted by atomic mass is 19.3. The van der Waals surface area contributed by atoms with Crippen LogP contribution in [0.2, 0.25) is 0 Å². The molecule has 1 spiro atoms. The van der Waals surface area contributed by atoms with Gasteiger partial charge in [0.1, 0.15) is 12.2 Å². The van der Waals surface area contributed by atoms with Crippen molar-refractivity contribution in [3.8, 4) is 17.1 Å². The first-order valence-electron chi connectivity index (χ1n) is 13.1. The number of carbonyl (C=O) groups is 2. The summed E-state index contributed by atoms with van der Waals surface area (Å²) in [5.74, 6) is -3.66. The van der Waals surface area contributed by atoms with Crippen LogP contribution in [-0.4, -0.2) is 75.3 Å². The lowest BCUT2D eigenvalue weighted by atomic mass is 9.75. The monoisotopic (exact) mass is 533 g/mol. The van der Waals surface area contributed by atoms with E-state index in [-0.39, 0.29) is 65.8 Å². The third-order valence-electron chi connectivity index (χ3n) is 8.80. The largest absolute Gasteiger partial charge is 0.481 e. The number of ether oxygens (including phenoxy) is 2. The van der Waals surface area contributed by atoms with Gasteiger partial charge in [-0.3, -0.25) is 14.7 Å². The summed E-state index contributed by atoms with van der Waals surface area (Å²) in [6.07, 6.45) is 5.15. The number of nitrogens with zero attached hydrogens (tertiary/aromatic N) is 3. The molecule has 2 amide bonds. The molecule has 2 N–H and O–H groups in total. The van der Waals surface area contributed by atoms with E-state index in [4.69, 9.17) is 9.47 Å². The van der Waals surface area contributed by atoms with Crippen LogP contribution >= 0.6 is 0 Å². The number of nitrogens with one attached hydrogen (secondary N) is 2. The van der Waals surface area contributed by atoms with Crippen molar-refractivity contribution in [1.82, 2.24) is 25.4 Å². The first-order valence-corrected chi connectivity index (χ1v) is 13.1. The number of alkyl halides is 2. The lowest BCUT2D eigenvalue weighted by Gasteiger charge is -2.52. The molecule has 12 heteroatoms. The molecule has 0 aromatic carbocycles. The number of aromatic nitrogens is 3. The van der Waals surface area contributed by atoms with Crippen LogP contribution in [0.15, 0.2) is 18.3 Å². The number of amides is 2. The summed E-state index contributed by atoms with van der Waals surface area (Å²) in [6, 6.07) is 2.63. The van der Waals surface area contributed by atoms with Gasteiger partial charge in [-0.1, -0.05) is 0 Å². The molecule has 0 radical (unpaired) electrons. The molecule has 3 atom stereocenters. The van der Waals surface area contributed by atoms with E-state index < -0.39 is 23.9 Å². The van der Waals surface area contributed by atoms with Crippen LogP contribution in [0, 0.1) is 11.7 Å². The van der Waals surface area contributed by atoms with Crippen molar-refractivity contribution in [2.24, 2.45) is 5.92 Å². The Morgan fingerprint density at radius 2 is 1.87 bits per heavy atom. The van der Waals surface area contributed by atoms with Crippen molar-refractivity contribution in [1.29, 1.82) is 0 Å². The number of halogens is 3. The Kier molecular flexibility index (Phi) is 6.12. The fourth-order valence-electron chi connectivity index (χ4n) is 6.60. The van der Waals surface area contributed by atoms with Gasteiger partial charge in [-0.2, -0.15) is 5.10 Å². The predicted octanol–water partition coefficient (Wildman–Crippen LogP) is 3.47. The molecule has 2 bridgehead atoms. The summed E-state index contributed by atoms with van der Waals surface area (Å²) >= 11 is 0. The quantitative estimate of drug-likeness (QED) is 0.609. The van der Waals surface area contributed by atoms with Crippen LogP contribution in [0.1, 0.15) is 61.9 Å². The van der Waals surface area contributed by atoms with Gasteiger partial charge in [-0.05, 0) is 57.4 Å². The molecule has 2 aromatic rings. The molecule has 5 heterocycles. The van der Waals surface area contributed by atoms with Crippen LogP contribution in [0.4, 0.5) is 13.2 Å². The zero-order valence-electron chi connectivity index (χ0n) is 21.0. The van der Waals surface area contributed by atoms with Crippen molar-refractivity contribution in [2.45, 2.75) is 81.0 Å². The van der Waals surface area contributed by atoms with Gasteiger partial charge >= 0.3 is 0 Å². The molecular formula is C26H30F3N5O4. The molecule has 4 aliphatic rings. The van der Waals surface area contributed by atoms with E-state index in [0.717, 1.165) is 19.0 Å². The average Bonchev–Trinajstić information content (AvgIpc) is 3.50. The second-order valence-electron chi connectivity index (χ2n) is 10.9. The first-order chi connectivity index (χ1) is 18.2. The van der Waals surface area contributed by atoms with Crippen LogP contribution in [0.5, 0.6) is 5.88 Å². The van der Waals surface area contributed by atoms with Gasteiger partial charge < -0.3 is 19.7 Å². The molecule has 1 saturated carbocycles.